The molecule has 35 heavy (non-hydrogen) atoms. The molecule has 4 rings (SSSR count). The van der Waals surface area contributed by atoms with E-state index in [0.717, 1.165) is 60.3 Å². The van der Waals surface area contributed by atoms with Crippen molar-refractivity contribution in [2.45, 2.75) is 6.54 Å². The van der Waals surface area contributed by atoms with E-state index in [2.05, 4.69) is 50.5 Å². The SMILES string of the molecule is C=C=C/C(=C\N(C)C)c1ccc2cnc(NC(=O)c3ccnc(CN4CCN(C)CC4)c3)cc2c1. The van der Waals surface area contributed by atoms with Crippen LogP contribution in [0.25, 0.3) is 16.3 Å². The number of nitrogens with zero attached hydrogens (tertiary/aromatic N) is 5. The van der Waals surface area contributed by atoms with E-state index in [-0.39, 0.29) is 5.91 Å². The number of aromatic nitrogens is 2. The molecule has 0 spiro atoms. The molecule has 7 heteroatoms. The second-order valence-corrected chi connectivity index (χ2v) is 9.10. The summed E-state index contributed by atoms with van der Waals surface area (Å²) in [5.41, 5.74) is 6.37. The fourth-order valence-corrected chi connectivity index (χ4v) is 4.10. The largest absolute Gasteiger partial charge is 0.383 e. The van der Waals surface area contributed by atoms with Crippen molar-refractivity contribution in [3.05, 3.63) is 90.2 Å². The first-order valence-electron chi connectivity index (χ1n) is 11.7. The number of carbonyl (C=O) groups is 1. The molecule has 1 aliphatic rings. The lowest BCUT2D eigenvalue weighted by molar-refractivity contribution is 0.102. The van der Waals surface area contributed by atoms with Gasteiger partial charge in [0.25, 0.3) is 5.91 Å². The molecular weight excluding hydrogens is 436 g/mol. The quantitative estimate of drug-likeness (QED) is 0.420. The Morgan fingerprint density at radius 1 is 1.09 bits per heavy atom. The number of hydrogen-bond acceptors (Lipinski definition) is 6. The first-order chi connectivity index (χ1) is 16.9. The third-order valence-corrected chi connectivity index (χ3v) is 6.01. The second kappa shape index (κ2) is 11.1. The van der Waals surface area contributed by atoms with Gasteiger partial charge in [-0.3, -0.25) is 14.7 Å². The van der Waals surface area contributed by atoms with Crippen molar-refractivity contribution in [3.8, 4) is 0 Å². The summed E-state index contributed by atoms with van der Waals surface area (Å²) in [6, 6.07) is 11.7. The third kappa shape index (κ3) is 6.43. The lowest BCUT2D eigenvalue weighted by Gasteiger charge is -2.32. The molecule has 1 saturated heterocycles. The zero-order valence-electron chi connectivity index (χ0n) is 20.7. The number of rotatable bonds is 7. The number of amides is 1. The van der Waals surface area contributed by atoms with Crippen molar-refractivity contribution in [2.75, 3.05) is 52.6 Å². The van der Waals surface area contributed by atoms with Gasteiger partial charge in [-0.2, -0.15) is 0 Å². The number of allylic oxidation sites excluding steroid dienone is 2. The van der Waals surface area contributed by atoms with Gasteiger partial charge in [-0.05, 0) is 48.3 Å². The van der Waals surface area contributed by atoms with Gasteiger partial charge in [0.15, 0.2) is 0 Å². The molecule has 2 aromatic heterocycles. The van der Waals surface area contributed by atoms with Crippen LogP contribution in [0.3, 0.4) is 0 Å². The van der Waals surface area contributed by atoms with Gasteiger partial charge in [-0.1, -0.05) is 18.7 Å². The van der Waals surface area contributed by atoms with E-state index in [9.17, 15) is 4.79 Å². The summed E-state index contributed by atoms with van der Waals surface area (Å²) in [4.78, 5) is 28.6. The van der Waals surface area contributed by atoms with Gasteiger partial charge in [-0.25, -0.2) is 4.98 Å². The number of fused-ring (bicyclic) bond motifs is 1. The predicted octanol–water partition coefficient (Wildman–Crippen LogP) is 3.87. The number of piperazine rings is 1. The van der Waals surface area contributed by atoms with Crippen molar-refractivity contribution in [1.29, 1.82) is 0 Å². The number of nitrogens with one attached hydrogen (secondary N) is 1. The van der Waals surface area contributed by atoms with Gasteiger partial charge in [0, 0.05) is 81.9 Å². The molecule has 7 nitrogen and oxygen atoms in total. The van der Waals surface area contributed by atoms with Crippen molar-refractivity contribution in [1.82, 2.24) is 24.7 Å². The standard InChI is InChI=1S/C28H32N6O/c1-5-6-24(19-32(2)3)21-7-8-23-18-30-27(17-25(23)15-21)31-28(35)22-9-10-29-26(16-22)20-34-13-11-33(4)12-14-34/h6-10,15-19H,1,11-14,20H2,2-4H3,(H,30,31,35)/b24-19+. The van der Waals surface area contributed by atoms with Gasteiger partial charge in [-0.15, -0.1) is 5.73 Å². The zero-order valence-corrected chi connectivity index (χ0v) is 20.7. The van der Waals surface area contributed by atoms with Crippen LogP contribution >= 0.6 is 0 Å². The number of carbonyl (C=O) groups excluding carboxylic acids is 1. The minimum absolute atomic E-state index is 0.196. The summed E-state index contributed by atoms with van der Waals surface area (Å²) >= 11 is 0. The molecule has 180 valence electrons. The smallest absolute Gasteiger partial charge is 0.256 e. The molecule has 0 unspecified atom stereocenters. The molecule has 0 aliphatic carbocycles. The van der Waals surface area contributed by atoms with E-state index in [1.54, 1.807) is 18.5 Å². The number of anilines is 1. The highest BCUT2D eigenvalue weighted by atomic mass is 16.1. The second-order valence-electron chi connectivity index (χ2n) is 9.10. The number of pyridine rings is 2. The summed E-state index contributed by atoms with van der Waals surface area (Å²) in [5, 5.41) is 4.93. The molecule has 1 fully saturated rings. The van der Waals surface area contributed by atoms with Crippen molar-refractivity contribution in [3.63, 3.8) is 0 Å². The van der Waals surface area contributed by atoms with E-state index in [0.29, 0.717) is 11.4 Å². The third-order valence-electron chi connectivity index (χ3n) is 6.01. The highest BCUT2D eigenvalue weighted by Crippen LogP contribution is 2.24. The van der Waals surface area contributed by atoms with Gasteiger partial charge in [0.2, 0.25) is 0 Å². The fourth-order valence-electron chi connectivity index (χ4n) is 4.10. The van der Waals surface area contributed by atoms with Gasteiger partial charge >= 0.3 is 0 Å². The minimum atomic E-state index is -0.196. The molecule has 1 aromatic carbocycles. The first kappa shape index (κ1) is 24.4. The Bertz CT molecular complexity index is 1280. The summed E-state index contributed by atoms with van der Waals surface area (Å²) in [6.45, 7) is 8.56. The van der Waals surface area contributed by atoms with Crippen LogP contribution in [0.1, 0.15) is 21.6 Å². The molecule has 3 aromatic rings. The highest BCUT2D eigenvalue weighted by molar-refractivity contribution is 6.04. The van der Waals surface area contributed by atoms with Crippen LogP contribution in [-0.2, 0) is 6.54 Å². The highest BCUT2D eigenvalue weighted by Gasteiger charge is 2.15. The van der Waals surface area contributed by atoms with Gasteiger partial charge in [0.1, 0.15) is 5.82 Å². The molecule has 3 heterocycles. The Hall–Kier alpha value is -3.77. The summed E-state index contributed by atoms with van der Waals surface area (Å²) < 4.78 is 0. The van der Waals surface area contributed by atoms with Gasteiger partial charge in [0.05, 0.1) is 5.69 Å². The Labute approximate surface area is 207 Å². The predicted molar refractivity (Wildman–Crippen MR) is 142 cm³/mol. The van der Waals surface area contributed by atoms with Crippen molar-refractivity contribution >= 4 is 28.1 Å². The maximum atomic E-state index is 13.0. The summed E-state index contributed by atoms with van der Waals surface area (Å²) in [6.07, 6.45) is 7.35. The topological polar surface area (TPSA) is 64.6 Å². The molecule has 0 atom stereocenters. The van der Waals surface area contributed by atoms with Crippen LogP contribution in [0.4, 0.5) is 5.82 Å². The maximum absolute atomic E-state index is 13.0. The maximum Gasteiger partial charge on any atom is 0.256 e. The summed E-state index contributed by atoms with van der Waals surface area (Å²) in [7, 11) is 6.09. The molecular formula is C28H32N6O. The molecule has 1 aliphatic heterocycles. The Balaban J connectivity index is 1.51. The first-order valence-corrected chi connectivity index (χ1v) is 11.7. The normalized spacial score (nSPS) is 15.0. The average molecular weight is 469 g/mol. The van der Waals surface area contributed by atoms with Gasteiger partial charge < -0.3 is 15.1 Å². The molecule has 1 amide bonds. The molecule has 1 N–H and O–H groups in total. The molecule has 0 bridgehead atoms. The monoisotopic (exact) mass is 468 g/mol. The molecule has 0 saturated carbocycles. The van der Waals surface area contributed by atoms with Crippen LogP contribution in [-0.4, -0.2) is 77.9 Å². The lowest BCUT2D eigenvalue weighted by Crippen LogP contribution is -2.44. The van der Waals surface area contributed by atoms with Crippen LogP contribution < -0.4 is 5.32 Å². The van der Waals surface area contributed by atoms with Crippen molar-refractivity contribution in [2.24, 2.45) is 0 Å². The fraction of sp³-hybridized carbons (Fsp3) is 0.286. The Morgan fingerprint density at radius 2 is 1.89 bits per heavy atom. The zero-order chi connectivity index (χ0) is 24.8. The van der Waals surface area contributed by atoms with Crippen LogP contribution in [0.5, 0.6) is 0 Å². The Morgan fingerprint density at radius 3 is 2.63 bits per heavy atom. The Kier molecular flexibility index (Phi) is 7.73. The van der Waals surface area contributed by atoms with Crippen molar-refractivity contribution < 1.29 is 4.79 Å². The van der Waals surface area contributed by atoms with E-state index < -0.39 is 0 Å². The lowest BCUT2D eigenvalue weighted by atomic mass is 10.0. The number of benzene rings is 1. The minimum Gasteiger partial charge on any atom is -0.383 e. The van der Waals surface area contributed by atoms with E-state index >= 15 is 0 Å². The summed E-state index contributed by atoms with van der Waals surface area (Å²) in [5.74, 6) is 0.312. The van der Waals surface area contributed by atoms with E-state index in [4.69, 9.17) is 0 Å². The van der Waals surface area contributed by atoms with E-state index in [1.165, 1.54) is 0 Å². The van der Waals surface area contributed by atoms with Crippen LogP contribution in [0.2, 0.25) is 0 Å². The number of hydrogen-bond donors (Lipinski definition) is 1. The molecule has 0 radical (unpaired) electrons. The number of likely N-dealkylation sites (N-methyl/N-ethyl adjacent to an activating group) is 1. The van der Waals surface area contributed by atoms with Crippen LogP contribution in [0, 0.1) is 0 Å². The van der Waals surface area contributed by atoms with Crippen LogP contribution in [0.15, 0.2) is 73.4 Å². The average Bonchev–Trinajstić information content (AvgIpc) is 2.84. The van der Waals surface area contributed by atoms with E-state index in [1.807, 2.05) is 55.5 Å².